The van der Waals surface area contributed by atoms with Crippen molar-refractivity contribution in [1.82, 2.24) is 0 Å². The predicted molar refractivity (Wildman–Crippen MR) is 69.2 cm³/mol. The minimum Gasteiger partial charge on any atom is -0.822 e. The van der Waals surface area contributed by atoms with Crippen LogP contribution >= 0.6 is 23.5 Å². The van der Waals surface area contributed by atoms with E-state index < -0.39 is 33.6 Å². The molecule has 1 aromatic carbocycles. The van der Waals surface area contributed by atoms with E-state index in [9.17, 15) is 8.42 Å². The molecule has 1 rings (SSSR count). The molecule has 0 heterocycles. The van der Waals surface area contributed by atoms with E-state index in [0.29, 0.717) is 0 Å². The monoisotopic (exact) mass is 618 g/mol. The van der Waals surface area contributed by atoms with E-state index in [1.807, 2.05) is 0 Å². The number of hydrogen-bond acceptors (Lipinski definition) is 14. The van der Waals surface area contributed by atoms with Crippen molar-refractivity contribution in [2.75, 3.05) is 0 Å². The van der Waals surface area contributed by atoms with Gasteiger partial charge in [-0.05, 0) is 17.7 Å². The van der Waals surface area contributed by atoms with E-state index in [4.69, 9.17) is 62.3 Å². The van der Waals surface area contributed by atoms with E-state index >= 15 is 0 Å². The molecule has 0 unspecified atom stereocenters. The second-order valence-corrected chi connectivity index (χ2v) is 7.69. The molecule has 1 aromatic rings. The second-order valence-electron chi connectivity index (χ2n) is 3.59. The van der Waals surface area contributed by atoms with Gasteiger partial charge in [0.05, 0.1) is 4.90 Å². The van der Waals surface area contributed by atoms with Crippen LogP contribution in [0.15, 0.2) is 35.7 Å². The number of phosphoric acid groups is 3. The Kier molecular flexibility index (Phi) is 23.5. The quantitative estimate of drug-likeness (QED) is 0.183. The Morgan fingerprint density at radius 3 is 1.10 bits per heavy atom. The SMILES string of the molecule is C=Cc1ccc(S(=O)(=O)O)cc1.O=P([O-])([O-])[O-].O=P([O-])([O-])[O-].O=P([O-])([O-])[O-].[Mo+4].[V+5]. The summed E-state index contributed by atoms with van der Waals surface area (Å²) < 4.78 is 55.4. The first-order valence-corrected chi connectivity index (χ1v) is 11.3. The van der Waals surface area contributed by atoms with Crippen LogP contribution in [0.5, 0.6) is 0 Å². The molecule has 0 saturated carbocycles. The molecule has 0 spiro atoms. The normalized spacial score (nSPS) is 10.7. The molecule has 0 aliphatic heterocycles. The van der Waals surface area contributed by atoms with Gasteiger partial charge >= 0.3 is 39.6 Å². The van der Waals surface area contributed by atoms with Gasteiger partial charge in [0.1, 0.15) is 0 Å². The van der Waals surface area contributed by atoms with Crippen LogP contribution in [-0.4, -0.2) is 13.0 Å². The van der Waals surface area contributed by atoms with Crippen LogP contribution in [0.25, 0.3) is 6.08 Å². The summed E-state index contributed by atoms with van der Waals surface area (Å²) in [4.78, 5) is 76.8. The summed E-state index contributed by atoms with van der Waals surface area (Å²) in [6.07, 6.45) is 1.59. The van der Waals surface area contributed by atoms with Crippen molar-refractivity contribution < 1.29 is 110 Å². The first-order valence-electron chi connectivity index (χ1n) is 5.43. The molecular formula is C8H8MoO15P3SV. The Morgan fingerprint density at radius 2 is 0.966 bits per heavy atom. The van der Waals surface area contributed by atoms with Gasteiger partial charge in [-0.3, -0.25) is 4.55 Å². The van der Waals surface area contributed by atoms with E-state index in [1.54, 1.807) is 18.2 Å². The van der Waals surface area contributed by atoms with E-state index in [1.165, 1.54) is 12.1 Å². The fourth-order valence-corrected chi connectivity index (χ4v) is 1.26. The molecule has 0 aromatic heterocycles. The molecule has 162 valence electrons. The largest absolute Gasteiger partial charge is 5.00 e. The molecule has 0 fully saturated rings. The Bertz CT molecular complexity index is 738. The Hall–Kier alpha value is 0.473. The van der Waals surface area contributed by atoms with E-state index in [-0.39, 0.29) is 44.5 Å². The van der Waals surface area contributed by atoms with Crippen LogP contribution in [0, 0.1) is 0 Å². The maximum Gasteiger partial charge on any atom is 5.00 e. The zero-order chi connectivity index (χ0) is 22.7. The van der Waals surface area contributed by atoms with Crippen LogP contribution in [0.1, 0.15) is 5.56 Å². The molecule has 0 aliphatic rings. The third kappa shape index (κ3) is 58.5. The van der Waals surface area contributed by atoms with Gasteiger partial charge in [-0.25, -0.2) is 0 Å². The molecule has 0 amide bonds. The van der Waals surface area contributed by atoms with Crippen LogP contribution in [0.3, 0.4) is 0 Å². The Morgan fingerprint density at radius 1 is 0.759 bits per heavy atom. The third-order valence-corrected chi connectivity index (χ3v) is 2.28. The topological polar surface area (TPSA) is 313 Å². The minimum atomic E-state index is -5.39. The van der Waals surface area contributed by atoms with Crippen molar-refractivity contribution in [2.45, 2.75) is 4.90 Å². The Labute approximate surface area is 190 Å². The smallest absolute Gasteiger partial charge is 0.822 e. The minimum absolute atomic E-state index is 0. The first kappa shape index (κ1) is 39.9. The molecule has 0 radical (unpaired) electrons. The number of rotatable bonds is 2. The van der Waals surface area contributed by atoms with Gasteiger partial charge in [-0.2, -0.15) is 31.9 Å². The summed E-state index contributed by atoms with van der Waals surface area (Å²) in [5, 5.41) is 0. The fraction of sp³-hybridized carbons (Fsp3) is 0. The van der Waals surface area contributed by atoms with Crippen molar-refractivity contribution in [2.24, 2.45) is 0 Å². The van der Waals surface area contributed by atoms with Crippen molar-refractivity contribution in [3.63, 3.8) is 0 Å². The summed E-state index contributed by atoms with van der Waals surface area (Å²) in [6, 6.07) is 5.78. The second kappa shape index (κ2) is 17.1. The van der Waals surface area contributed by atoms with Crippen molar-refractivity contribution in [1.29, 1.82) is 0 Å². The van der Waals surface area contributed by atoms with Gasteiger partial charge in [-0.1, -0.05) is 24.8 Å². The van der Waals surface area contributed by atoms with Crippen molar-refractivity contribution in [3.8, 4) is 0 Å². The molecule has 0 bridgehead atoms. The zero-order valence-corrected chi connectivity index (χ0v) is 20.3. The summed E-state index contributed by atoms with van der Waals surface area (Å²) in [5.41, 5.74) is 0.808. The van der Waals surface area contributed by atoms with E-state index in [0.717, 1.165) is 5.56 Å². The Balaban J connectivity index is -0.0000000965. The summed E-state index contributed by atoms with van der Waals surface area (Å²) in [6.45, 7) is 3.51. The molecular weight excluding hydrogens is 608 g/mol. The third-order valence-electron chi connectivity index (χ3n) is 1.41. The average molecular weight is 616 g/mol. The molecule has 1 N–H and O–H groups in total. The first-order chi connectivity index (χ1) is 11.5. The van der Waals surface area contributed by atoms with Gasteiger partial charge in [0.15, 0.2) is 0 Å². The molecule has 21 heteroatoms. The van der Waals surface area contributed by atoms with Crippen LogP contribution in [0.4, 0.5) is 0 Å². The van der Waals surface area contributed by atoms with Crippen molar-refractivity contribution >= 4 is 39.7 Å². The van der Waals surface area contributed by atoms with Crippen molar-refractivity contribution in [3.05, 3.63) is 36.4 Å². The van der Waals surface area contributed by atoms with Crippen LogP contribution in [-0.2, 0) is 63.4 Å². The summed E-state index contributed by atoms with van der Waals surface area (Å²) in [7, 11) is -20.2. The number of benzene rings is 1. The summed E-state index contributed by atoms with van der Waals surface area (Å²) in [5.74, 6) is 0. The molecule has 0 saturated heterocycles. The molecule has 29 heavy (non-hydrogen) atoms. The predicted octanol–water partition coefficient (Wildman–Crippen LogP) is -6.90. The fourth-order valence-electron chi connectivity index (χ4n) is 0.776. The van der Waals surface area contributed by atoms with Crippen LogP contribution in [0.2, 0.25) is 0 Å². The molecule has 0 atom stereocenters. The maximum atomic E-state index is 10.6. The van der Waals surface area contributed by atoms with E-state index in [2.05, 4.69) is 6.58 Å². The maximum absolute atomic E-state index is 10.6. The van der Waals surface area contributed by atoms with Gasteiger partial charge in [0, 0.05) is 0 Å². The van der Waals surface area contributed by atoms with Gasteiger partial charge in [0.25, 0.3) is 10.1 Å². The summed E-state index contributed by atoms with van der Waals surface area (Å²) >= 11 is 0. The molecule has 0 aliphatic carbocycles. The average Bonchev–Trinajstić information content (AvgIpc) is 2.31. The standard InChI is InChI=1S/C8H8O3S.Mo.3H3O4P.V/c1-2-7-3-5-8(6-4-7)12(9,10)11;;3*1-5(2,3)4;/h2-6H,1H2,(H,9,10,11);;3*(H3,1,2,3,4);/q;+4;;;;+5/p-9. The van der Waals surface area contributed by atoms with Gasteiger partial charge < -0.3 is 57.7 Å². The van der Waals surface area contributed by atoms with Gasteiger partial charge in [-0.15, -0.1) is 0 Å². The molecule has 15 nitrogen and oxygen atoms in total. The van der Waals surface area contributed by atoms with Crippen LogP contribution < -0.4 is 44.0 Å². The van der Waals surface area contributed by atoms with Gasteiger partial charge in [0.2, 0.25) is 0 Å². The number of hydrogen-bond donors (Lipinski definition) is 1. The zero-order valence-electron chi connectivity index (χ0n) is 13.4.